The Morgan fingerprint density at radius 2 is 1.61 bits per heavy atom. The molecule has 12 nitrogen and oxygen atoms in total. The number of rotatable bonds is 12. The van der Waals surface area contributed by atoms with Crippen molar-refractivity contribution in [3.05, 3.63) is 35.9 Å². The number of carboxylic acid groups (broad SMARTS) is 2. The number of benzene rings is 1. The Morgan fingerprint density at radius 3 is 2.13 bits per heavy atom. The van der Waals surface area contributed by atoms with Crippen LogP contribution >= 0.6 is 0 Å². The Morgan fingerprint density at radius 1 is 1.00 bits per heavy atom. The van der Waals surface area contributed by atoms with Crippen LogP contribution in [0, 0.1) is 0 Å². The van der Waals surface area contributed by atoms with Gasteiger partial charge in [-0.3, -0.25) is 19.2 Å². The smallest absolute Gasteiger partial charge is 0.328 e. The monoisotopic (exact) mass is 438 g/mol. The summed E-state index contributed by atoms with van der Waals surface area (Å²) in [4.78, 5) is 58.4. The molecule has 4 unspecified atom stereocenters. The molecule has 31 heavy (non-hydrogen) atoms. The van der Waals surface area contributed by atoms with Gasteiger partial charge < -0.3 is 37.0 Å². The number of hydrogen-bond donors (Lipinski definition) is 7. The molecule has 0 spiro atoms. The van der Waals surface area contributed by atoms with E-state index in [2.05, 4.69) is 16.0 Å². The maximum Gasteiger partial charge on any atom is 0.328 e. The molecule has 0 saturated carbocycles. The van der Waals surface area contributed by atoms with E-state index in [0.717, 1.165) is 0 Å². The van der Waals surface area contributed by atoms with Crippen molar-refractivity contribution in [2.24, 2.45) is 5.73 Å². The predicted octanol–water partition coefficient (Wildman–Crippen LogP) is -2.42. The average molecular weight is 438 g/mol. The fourth-order valence-electron chi connectivity index (χ4n) is 2.53. The first-order valence-corrected chi connectivity index (χ1v) is 9.30. The van der Waals surface area contributed by atoms with Crippen LogP contribution in [0.2, 0.25) is 0 Å². The maximum atomic E-state index is 12.6. The lowest BCUT2D eigenvalue weighted by molar-refractivity contribution is -0.145. The quantitative estimate of drug-likeness (QED) is 0.185. The van der Waals surface area contributed by atoms with E-state index in [4.69, 9.17) is 15.9 Å². The molecule has 170 valence electrons. The number of aliphatic hydroxyl groups excluding tert-OH is 1. The summed E-state index contributed by atoms with van der Waals surface area (Å²) in [6, 6.07) is 4.43. The first-order chi connectivity index (χ1) is 14.5. The third-order valence-electron chi connectivity index (χ3n) is 4.14. The molecule has 8 N–H and O–H groups in total. The molecule has 1 rings (SSSR count). The van der Waals surface area contributed by atoms with Crippen molar-refractivity contribution in [1.82, 2.24) is 16.0 Å². The molecule has 0 aromatic heterocycles. The summed E-state index contributed by atoms with van der Waals surface area (Å²) in [6.07, 6.45) is -2.00. The molecule has 0 aliphatic heterocycles. The van der Waals surface area contributed by atoms with Crippen molar-refractivity contribution < 1.29 is 39.3 Å². The van der Waals surface area contributed by atoms with E-state index in [1.165, 1.54) is 6.92 Å². The zero-order chi connectivity index (χ0) is 23.6. The van der Waals surface area contributed by atoms with Gasteiger partial charge in [-0.25, -0.2) is 4.79 Å². The molecular formula is C19H26N4O8. The van der Waals surface area contributed by atoms with Gasteiger partial charge in [-0.1, -0.05) is 30.3 Å². The molecule has 1 aromatic carbocycles. The van der Waals surface area contributed by atoms with E-state index >= 15 is 0 Å². The second kappa shape index (κ2) is 12.2. The Bertz CT molecular complexity index is 799. The van der Waals surface area contributed by atoms with Crippen molar-refractivity contribution in [1.29, 1.82) is 0 Å². The number of amides is 3. The second-order valence-electron chi connectivity index (χ2n) is 6.80. The van der Waals surface area contributed by atoms with Gasteiger partial charge >= 0.3 is 11.9 Å². The van der Waals surface area contributed by atoms with Gasteiger partial charge in [0.05, 0.1) is 25.1 Å². The zero-order valence-electron chi connectivity index (χ0n) is 16.8. The van der Waals surface area contributed by atoms with Crippen molar-refractivity contribution in [2.45, 2.75) is 44.0 Å². The Labute approximate surface area is 177 Å². The van der Waals surface area contributed by atoms with Crippen LogP contribution in [-0.2, 0) is 30.4 Å². The van der Waals surface area contributed by atoms with Crippen LogP contribution in [0.5, 0.6) is 0 Å². The molecule has 0 bridgehead atoms. The van der Waals surface area contributed by atoms with E-state index < -0.39 is 66.9 Å². The van der Waals surface area contributed by atoms with Gasteiger partial charge in [0.2, 0.25) is 17.7 Å². The van der Waals surface area contributed by atoms with Crippen LogP contribution in [0.3, 0.4) is 0 Å². The summed E-state index contributed by atoms with van der Waals surface area (Å²) in [5.74, 6) is -5.22. The van der Waals surface area contributed by atoms with Gasteiger partial charge in [0.1, 0.15) is 6.04 Å². The number of nitrogens with one attached hydrogen (secondary N) is 3. The second-order valence-corrected chi connectivity index (χ2v) is 6.80. The number of carbonyl (C=O) groups is 5. The van der Waals surface area contributed by atoms with Crippen LogP contribution in [0.4, 0.5) is 0 Å². The van der Waals surface area contributed by atoms with Crippen LogP contribution in [-0.4, -0.2) is 75.8 Å². The Balaban J connectivity index is 2.83. The first kappa shape index (κ1) is 25.5. The highest BCUT2D eigenvalue weighted by molar-refractivity contribution is 5.93. The molecule has 0 fully saturated rings. The van der Waals surface area contributed by atoms with Crippen molar-refractivity contribution in [2.75, 3.05) is 6.54 Å². The lowest BCUT2D eigenvalue weighted by atomic mass is 10.0. The highest BCUT2D eigenvalue weighted by atomic mass is 16.4. The maximum absolute atomic E-state index is 12.6. The number of aliphatic carboxylic acids is 2. The van der Waals surface area contributed by atoms with Crippen LogP contribution in [0.1, 0.15) is 18.9 Å². The van der Waals surface area contributed by atoms with Gasteiger partial charge in [-0.15, -0.1) is 0 Å². The molecule has 0 aliphatic carbocycles. The highest BCUT2D eigenvalue weighted by Gasteiger charge is 2.29. The van der Waals surface area contributed by atoms with E-state index in [1.807, 2.05) is 0 Å². The molecule has 0 heterocycles. The normalized spacial score (nSPS) is 14.4. The zero-order valence-corrected chi connectivity index (χ0v) is 16.8. The Hall–Kier alpha value is -3.51. The standard InChI is InChI=1S/C19H26N4O8/c1-10(24)16(19(30)31)23-18(29)13(7-11-5-3-2-4-6-11)22-14(25)9-21-17(28)12(20)8-15(26)27/h2-6,10,12-13,16,24H,7-9,20H2,1H3,(H,21,28)(H,22,25)(H,23,29)(H,26,27)(H,30,31). The minimum atomic E-state index is -1.59. The van der Waals surface area contributed by atoms with Gasteiger partial charge in [0.15, 0.2) is 6.04 Å². The molecule has 12 heteroatoms. The van der Waals surface area contributed by atoms with Gasteiger partial charge in [-0.2, -0.15) is 0 Å². The summed E-state index contributed by atoms with van der Waals surface area (Å²) in [6.45, 7) is 0.614. The van der Waals surface area contributed by atoms with E-state index in [0.29, 0.717) is 5.56 Å². The average Bonchev–Trinajstić information content (AvgIpc) is 2.69. The van der Waals surface area contributed by atoms with E-state index in [-0.39, 0.29) is 6.42 Å². The topological polar surface area (TPSA) is 208 Å². The summed E-state index contributed by atoms with van der Waals surface area (Å²) < 4.78 is 0. The fourth-order valence-corrected chi connectivity index (χ4v) is 2.53. The number of carboxylic acids is 2. The molecule has 0 radical (unpaired) electrons. The lowest BCUT2D eigenvalue weighted by Gasteiger charge is -2.23. The lowest BCUT2D eigenvalue weighted by Crippen LogP contribution is -2.56. The molecule has 1 aromatic rings. The first-order valence-electron chi connectivity index (χ1n) is 9.30. The molecule has 0 saturated heterocycles. The van der Waals surface area contributed by atoms with Crippen LogP contribution in [0.25, 0.3) is 0 Å². The molecule has 0 aliphatic rings. The molecule has 3 amide bonds. The summed E-state index contributed by atoms with van der Waals surface area (Å²) >= 11 is 0. The summed E-state index contributed by atoms with van der Waals surface area (Å²) in [7, 11) is 0. The fraction of sp³-hybridized carbons (Fsp3) is 0.421. The predicted molar refractivity (Wildman–Crippen MR) is 107 cm³/mol. The van der Waals surface area contributed by atoms with Gasteiger partial charge in [0.25, 0.3) is 0 Å². The number of nitrogens with two attached hydrogens (primary N) is 1. The van der Waals surface area contributed by atoms with Crippen LogP contribution < -0.4 is 21.7 Å². The largest absolute Gasteiger partial charge is 0.481 e. The van der Waals surface area contributed by atoms with Crippen LogP contribution in [0.15, 0.2) is 30.3 Å². The number of hydrogen-bond acceptors (Lipinski definition) is 7. The van der Waals surface area contributed by atoms with Crippen molar-refractivity contribution >= 4 is 29.7 Å². The Kier molecular flexibility index (Phi) is 10.1. The summed E-state index contributed by atoms with van der Waals surface area (Å²) in [5.41, 5.74) is 6.07. The van der Waals surface area contributed by atoms with Gasteiger partial charge in [-0.05, 0) is 12.5 Å². The van der Waals surface area contributed by atoms with Crippen molar-refractivity contribution in [3.8, 4) is 0 Å². The van der Waals surface area contributed by atoms with Crippen molar-refractivity contribution in [3.63, 3.8) is 0 Å². The number of aliphatic hydroxyl groups is 1. The molecule has 4 atom stereocenters. The van der Waals surface area contributed by atoms with E-state index in [1.54, 1.807) is 30.3 Å². The third-order valence-corrected chi connectivity index (χ3v) is 4.14. The minimum absolute atomic E-state index is 0.0109. The van der Waals surface area contributed by atoms with E-state index in [9.17, 15) is 29.1 Å². The van der Waals surface area contributed by atoms with Gasteiger partial charge in [0, 0.05) is 6.42 Å². The number of carbonyl (C=O) groups excluding carboxylic acids is 3. The summed E-state index contributed by atoms with van der Waals surface area (Å²) in [5, 5.41) is 34.1. The SMILES string of the molecule is CC(O)C(NC(=O)C(Cc1ccccc1)NC(=O)CNC(=O)C(N)CC(=O)O)C(=O)O. The molecular weight excluding hydrogens is 412 g/mol. The highest BCUT2D eigenvalue weighted by Crippen LogP contribution is 2.05. The third kappa shape index (κ3) is 9.23. The minimum Gasteiger partial charge on any atom is -0.481 e.